The van der Waals surface area contributed by atoms with Crippen molar-refractivity contribution >= 4 is 10.9 Å². The molecule has 0 radical (unpaired) electrons. The quantitative estimate of drug-likeness (QED) is 0.637. The zero-order valence-corrected chi connectivity index (χ0v) is 18.8. The van der Waals surface area contributed by atoms with Crippen LogP contribution >= 0.6 is 0 Å². The Kier molecular flexibility index (Phi) is 5.30. The van der Waals surface area contributed by atoms with Gasteiger partial charge in [-0.25, -0.2) is 4.39 Å². The first-order valence-corrected chi connectivity index (χ1v) is 11.4. The number of nitrogens with zero attached hydrogens (tertiary/aromatic N) is 3. The summed E-state index contributed by atoms with van der Waals surface area (Å²) in [6.45, 7) is 11.9. The summed E-state index contributed by atoms with van der Waals surface area (Å²) in [7, 11) is 0. The van der Waals surface area contributed by atoms with Gasteiger partial charge in [0, 0.05) is 28.3 Å². The van der Waals surface area contributed by atoms with Crippen molar-refractivity contribution < 1.29 is 9.13 Å². The molecule has 0 aliphatic carbocycles. The number of pyridine rings is 2. The summed E-state index contributed by atoms with van der Waals surface area (Å²) in [6, 6.07) is 4.68. The van der Waals surface area contributed by atoms with Crippen LogP contribution in [-0.4, -0.2) is 52.2 Å². The van der Waals surface area contributed by atoms with Gasteiger partial charge in [0.05, 0.1) is 42.4 Å². The number of piperidine rings is 1. The molecule has 5 rings (SSSR count). The van der Waals surface area contributed by atoms with E-state index in [1.165, 1.54) is 0 Å². The molecule has 31 heavy (non-hydrogen) atoms. The molecule has 2 fully saturated rings. The molecule has 3 aromatic heterocycles. The molecular weight excluding hydrogens is 391 g/mol. The topological polar surface area (TPSA) is 54.0 Å². The number of halogens is 1. The number of hydrogen-bond donors (Lipinski definition) is 1. The molecule has 2 aliphatic heterocycles. The second kappa shape index (κ2) is 7.99. The fourth-order valence-electron chi connectivity index (χ4n) is 5.23. The molecule has 164 valence electrons. The molecule has 0 aromatic carbocycles. The Morgan fingerprint density at radius 2 is 1.81 bits per heavy atom. The molecule has 5 heterocycles. The van der Waals surface area contributed by atoms with Crippen LogP contribution in [0.15, 0.2) is 18.3 Å². The lowest BCUT2D eigenvalue weighted by molar-refractivity contribution is -0.0714. The number of aryl methyl sites for hydroxylation is 2. The van der Waals surface area contributed by atoms with Crippen LogP contribution in [0.4, 0.5) is 4.39 Å². The number of rotatable bonds is 4. The average Bonchev–Trinajstić information content (AvgIpc) is 3.08. The summed E-state index contributed by atoms with van der Waals surface area (Å²) < 4.78 is 21.3. The lowest BCUT2D eigenvalue weighted by atomic mass is 9.89. The van der Waals surface area contributed by atoms with E-state index in [2.05, 4.69) is 45.8 Å². The predicted octanol–water partition coefficient (Wildman–Crippen LogP) is 5.08. The Balaban J connectivity index is 1.54. The Bertz CT molecular complexity index is 1090. The van der Waals surface area contributed by atoms with Crippen molar-refractivity contribution in [3.63, 3.8) is 0 Å². The Hall–Kier alpha value is -2.31. The van der Waals surface area contributed by atoms with Crippen molar-refractivity contribution in [3.05, 3.63) is 46.8 Å². The van der Waals surface area contributed by atoms with Crippen LogP contribution < -0.4 is 0 Å². The summed E-state index contributed by atoms with van der Waals surface area (Å²) in [5, 5.41) is 0.706. The van der Waals surface area contributed by atoms with Gasteiger partial charge in [-0.15, -0.1) is 0 Å². The van der Waals surface area contributed by atoms with Crippen molar-refractivity contribution in [1.82, 2.24) is 19.9 Å². The largest absolute Gasteiger partial charge is 0.378 e. The highest BCUT2D eigenvalue weighted by Gasteiger charge is 2.32. The summed E-state index contributed by atoms with van der Waals surface area (Å²) in [5.74, 6) is 0.213. The maximum Gasteiger partial charge on any atom is 0.154 e. The summed E-state index contributed by atoms with van der Waals surface area (Å²) in [5.41, 5.74) is 6.41. The molecule has 2 saturated heterocycles. The van der Waals surface area contributed by atoms with Crippen molar-refractivity contribution in [2.75, 3.05) is 26.3 Å². The minimum Gasteiger partial charge on any atom is -0.378 e. The zero-order chi connectivity index (χ0) is 21.7. The maximum atomic E-state index is 16.0. The molecular formula is C25H31FN4O. The number of likely N-dealkylation sites (tertiary alicyclic amines) is 1. The molecule has 0 saturated carbocycles. The lowest BCUT2D eigenvalue weighted by Crippen LogP contribution is -2.51. The molecule has 0 spiro atoms. The molecule has 0 bridgehead atoms. The van der Waals surface area contributed by atoms with Crippen molar-refractivity contribution in [2.45, 2.75) is 58.4 Å². The van der Waals surface area contributed by atoms with Crippen molar-refractivity contribution in [3.8, 4) is 11.3 Å². The van der Waals surface area contributed by atoms with Crippen LogP contribution in [0.1, 0.15) is 61.2 Å². The third-order valence-corrected chi connectivity index (χ3v) is 6.85. The number of hydrogen-bond acceptors (Lipinski definition) is 4. The molecule has 2 aliphatic rings. The minimum atomic E-state index is -0.142. The molecule has 5 nitrogen and oxygen atoms in total. The van der Waals surface area contributed by atoms with Crippen LogP contribution in [0.25, 0.3) is 22.2 Å². The van der Waals surface area contributed by atoms with Crippen LogP contribution in [0.3, 0.4) is 0 Å². The van der Waals surface area contributed by atoms with Gasteiger partial charge < -0.3 is 9.72 Å². The lowest BCUT2D eigenvalue weighted by Gasteiger charge is -2.41. The van der Waals surface area contributed by atoms with Gasteiger partial charge in [-0.1, -0.05) is 13.8 Å². The van der Waals surface area contributed by atoms with Crippen LogP contribution in [0.5, 0.6) is 0 Å². The van der Waals surface area contributed by atoms with E-state index in [-0.39, 0.29) is 17.7 Å². The van der Waals surface area contributed by atoms with E-state index in [0.717, 1.165) is 72.9 Å². The normalized spacial score (nSPS) is 18.8. The van der Waals surface area contributed by atoms with Crippen LogP contribution in [0, 0.1) is 19.7 Å². The predicted molar refractivity (Wildman–Crippen MR) is 121 cm³/mol. The molecule has 0 atom stereocenters. The van der Waals surface area contributed by atoms with E-state index in [9.17, 15) is 0 Å². The number of nitrogens with one attached hydrogen (secondary N) is 1. The van der Waals surface area contributed by atoms with Gasteiger partial charge in [0.25, 0.3) is 0 Å². The highest BCUT2D eigenvalue weighted by molar-refractivity contribution is 5.91. The SMILES string of the molecule is Cc1cc(-c2[nH]c3cnc(C4CCN(C5COC5)CC4)c(F)c3c2C(C)C)cc(C)n1. The van der Waals surface area contributed by atoms with Crippen LogP contribution in [-0.2, 0) is 4.74 Å². The zero-order valence-electron chi connectivity index (χ0n) is 18.8. The minimum absolute atomic E-state index is 0.142. The Morgan fingerprint density at radius 1 is 1.13 bits per heavy atom. The van der Waals surface area contributed by atoms with Gasteiger partial charge in [0.1, 0.15) is 0 Å². The summed E-state index contributed by atoms with van der Waals surface area (Å²) in [4.78, 5) is 15.1. The standard InChI is InChI=1S/C25H31FN4O/c1-14(2)21-22-20(29-24(21)18-9-15(3)28-16(4)10-18)11-27-25(23(22)26)17-5-7-30(8-6-17)19-12-31-13-19/h9-11,14,17,19,29H,5-8,12-13H2,1-4H3. The van der Waals surface area contributed by atoms with E-state index in [1.807, 2.05) is 20.0 Å². The second-order valence-electron chi connectivity index (χ2n) is 9.45. The number of fused-ring (bicyclic) bond motifs is 1. The van der Waals surface area contributed by atoms with E-state index in [1.54, 1.807) is 0 Å². The van der Waals surface area contributed by atoms with Crippen molar-refractivity contribution in [2.24, 2.45) is 0 Å². The third kappa shape index (κ3) is 3.66. The molecule has 0 unspecified atom stereocenters. The fourth-order valence-corrected chi connectivity index (χ4v) is 5.23. The van der Waals surface area contributed by atoms with Crippen molar-refractivity contribution in [1.29, 1.82) is 0 Å². The number of ether oxygens (including phenoxy) is 1. The fraction of sp³-hybridized carbons (Fsp3) is 0.520. The average molecular weight is 423 g/mol. The van der Waals surface area contributed by atoms with Crippen LogP contribution in [0.2, 0.25) is 0 Å². The van der Waals surface area contributed by atoms with Gasteiger partial charge >= 0.3 is 0 Å². The van der Waals surface area contributed by atoms with Gasteiger partial charge in [-0.3, -0.25) is 14.9 Å². The number of aromatic nitrogens is 3. The van der Waals surface area contributed by atoms with E-state index in [4.69, 9.17) is 4.74 Å². The van der Waals surface area contributed by atoms with E-state index >= 15 is 4.39 Å². The first-order chi connectivity index (χ1) is 14.9. The van der Waals surface area contributed by atoms with E-state index in [0.29, 0.717) is 17.1 Å². The van der Waals surface area contributed by atoms with Gasteiger partial charge in [-0.05, 0) is 63.4 Å². The van der Waals surface area contributed by atoms with Gasteiger partial charge in [0.2, 0.25) is 0 Å². The first kappa shape index (κ1) is 20.6. The highest BCUT2D eigenvalue weighted by Crippen LogP contribution is 2.40. The summed E-state index contributed by atoms with van der Waals surface area (Å²) >= 11 is 0. The molecule has 3 aromatic rings. The molecule has 1 N–H and O–H groups in total. The Morgan fingerprint density at radius 3 is 2.39 bits per heavy atom. The monoisotopic (exact) mass is 422 g/mol. The second-order valence-corrected chi connectivity index (χ2v) is 9.45. The highest BCUT2D eigenvalue weighted by atomic mass is 19.1. The summed E-state index contributed by atoms with van der Waals surface area (Å²) in [6.07, 6.45) is 3.72. The molecule has 0 amide bonds. The Labute approximate surface area is 183 Å². The van der Waals surface area contributed by atoms with Gasteiger partial charge in [0.15, 0.2) is 5.82 Å². The third-order valence-electron chi connectivity index (χ3n) is 6.85. The molecule has 6 heteroatoms. The number of aromatic amines is 1. The number of H-pyrrole nitrogens is 1. The van der Waals surface area contributed by atoms with Gasteiger partial charge in [-0.2, -0.15) is 0 Å². The smallest absolute Gasteiger partial charge is 0.154 e. The first-order valence-electron chi connectivity index (χ1n) is 11.4. The maximum absolute atomic E-state index is 16.0. The van der Waals surface area contributed by atoms with E-state index < -0.39 is 0 Å².